The third-order valence-electron chi connectivity index (χ3n) is 2.02. The second-order valence-electron chi connectivity index (χ2n) is 3.93. The molecule has 0 saturated carbocycles. The molecule has 0 spiro atoms. The minimum atomic E-state index is 0.340. The van der Waals surface area contributed by atoms with E-state index in [0.29, 0.717) is 6.04 Å². The highest BCUT2D eigenvalue weighted by molar-refractivity contribution is 5.55. The first-order valence-electron chi connectivity index (χ1n) is 5.50. The Morgan fingerprint density at radius 2 is 1.82 bits per heavy atom. The molecule has 2 aromatic rings. The van der Waals surface area contributed by atoms with Gasteiger partial charge in [-0.3, -0.25) is 0 Å². The zero-order valence-electron chi connectivity index (χ0n) is 9.88. The summed E-state index contributed by atoms with van der Waals surface area (Å²) in [7, 11) is 0. The number of aromatic nitrogens is 3. The molecular formula is C12H15N5. The van der Waals surface area contributed by atoms with E-state index in [-0.39, 0.29) is 0 Å². The van der Waals surface area contributed by atoms with Crippen LogP contribution >= 0.6 is 0 Å². The van der Waals surface area contributed by atoms with E-state index in [9.17, 15) is 0 Å². The SMILES string of the molecule is CC(C)Nc1cc(Nc2ccccn2)ncn1. The minimum absolute atomic E-state index is 0.340. The van der Waals surface area contributed by atoms with Crippen LogP contribution in [0.1, 0.15) is 13.8 Å². The van der Waals surface area contributed by atoms with Crippen LogP contribution in [0.2, 0.25) is 0 Å². The predicted octanol–water partition coefficient (Wildman–Crippen LogP) is 2.44. The van der Waals surface area contributed by atoms with Crippen LogP contribution in [0.3, 0.4) is 0 Å². The Bertz CT molecular complexity index is 469. The zero-order chi connectivity index (χ0) is 12.1. The summed E-state index contributed by atoms with van der Waals surface area (Å²) in [5.41, 5.74) is 0. The molecular weight excluding hydrogens is 214 g/mol. The number of nitrogens with one attached hydrogen (secondary N) is 2. The number of pyridine rings is 1. The fourth-order valence-electron chi connectivity index (χ4n) is 1.37. The van der Waals surface area contributed by atoms with Crippen molar-refractivity contribution in [3.63, 3.8) is 0 Å². The Labute approximate surface area is 100 Å². The van der Waals surface area contributed by atoms with Crippen molar-refractivity contribution in [1.29, 1.82) is 0 Å². The van der Waals surface area contributed by atoms with Crippen molar-refractivity contribution < 1.29 is 0 Å². The first kappa shape index (κ1) is 11.3. The molecule has 88 valence electrons. The van der Waals surface area contributed by atoms with E-state index in [4.69, 9.17) is 0 Å². The molecule has 2 N–H and O–H groups in total. The molecule has 0 aromatic carbocycles. The van der Waals surface area contributed by atoms with Crippen LogP contribution in [0.5, 0.6) is 0 Å². The maximum atomic E-state index is 4.17. The highest BCUT2D eigenvalue weighted by atomic mass is 15.1. The van der Waals surface area contributed by atoms with E-state index in [1.165, 1.54) is 6.33 Å². The van der Waals surface area contributed by atoms with Gasteiger partial charge in [0, 0.05) is 18.3 Å². The lowest BCUT2D eigenvalue weighted by Crippen LogP contribution is -2.11. The summed E-state index contributed by atoms with van der Waals surface area (Å²) in [5.74, 6) is 2.29. The van der Waals surface area contributed by atoms with Crippen molar-refractivity contribution in [2.45, 2.75) is 19.9 Å². The van der Waals surface area contributed by atoms with E-state index in [2.05, 4.69) is 39.4 Å². The summed E-state index contributed by atoms with van der Waals surface area (Å²) in [6.45, 7) is 4.13. The van der Waals surface area contributed by atoms with Gasteiger partial charge in [-0.25, -0.2) is 15.0 Å². The number of anilines is 3. The van der Waals surface area contributed by atoms with Gasteiger partial charge in [0.1, 0.15) is 23.8 Å². The third kappa shape index (κ3) is 3.41. The molecule has 5 nitrogen and oxygen atoms in total. The summed E-state index contributed by atoms with van der Waals surface area (Å²) >= 11 is 0. The largest absolute Gasteiger partial charge is 0.368 e. The van der Waals surface area contributed by atoms with Gasteiger partial charge < -0.3 is 10.6 Å². The first-order valence-corrected chi connectivity index (χ1v) is 5.50. The topological polar surface area (TPSA) is 62.7 Å². The van der Waals surface area contributed by atoms with Crippen LogP contribution in [0, 0.1) is 0 Å². The van der Waals surface area contributed by atoms with Crippen molar-refractivity contribution >= 4 is 17.5 Å². The molecule has 0 saturated heterocycles. The summed E-state index contributed by atoms with van der Waals surface area (Å²) in [4.78, 5) is 12.5. The van der Waals surface area contributed by atoms with Gasteiger partial charge >= 0.3 is 0 Å². The van der Waals surface area contributed by atoms with E-state index in [1.807, 2.05) is 24.3 Å². The lowest BCUT2D eigenvalue weighted by atomic mass is 10.4. The molecule has 0 radical (unpaired) electrons. The summed E-state index contributed by atoms with van der Waals surface area (Å²) in [6.07, 6.45) is 3.26. The van der Waals surface area contributed by atoms with Gasteiger partial charge in [0.25, 0.3) is 0 Å². The summed E-state index contributed by atoms with van der Waals surface area (Å²) in [5, 5.41) is 6.33. The lowest BCUT2D eigenvalue weighted by molar-refractivity contribution is 0.886. The van der Waals surface area contributed by atoms with Crippen molar-refractivity contribution in [2.75, 3.05) is 10.6 Å². The molecule has 2 rings (SSSR count). The molecule has 0 aliphatic carbocycles. The first-order chi connectivity index (χ1) is 8.24. The Kier molecular flexibility index (Phi) is 3.49. The summed E-state index contributed by atoms with van der Waals surface area (Å²) in [6, 6.07) is 7.88. The van der Waals surface area contributed by atoms with Crippen LogP contribution in [0.15, 0.2) is 36.8 Å². The van der Waals surface area contributed by atoms with E-state index in [0.717, 1.165) is 17.5 Å². The predicted molar refractivity (Wildman–Crippen MR) is 68.3 cm³/mol. The van der Waals surface area contributed by atoms with Crippen molar-refractivity contribution in [3.8, 4) is 0 Å². The highest BCUT2D eigenvalue weighted by Crippen LogP contribution is 2.14. The molecule has 0 atom stereocenters. The zero-order valence-corrected chi connectivity index (χ0v) is 9.88. The van der Waals surface area contributed by atoms with Gasteiger partial charge in [-0.1, -0.05) is 6.07 Å². The van der Waals surface area contributed by atoms with E-state index < -0.39 is 0 Å². The molecule has 0 fully saturated rings. The Hall–Kier alpha value is -2.17. The minimum Gasteiger partial charge on any atom is -0.368 e. The summed E-state index contributed by atoms with van der Waals surface area (Å²) < 4.78 is 0. The average Bonchev–Trinajstić information content (AvgIpc) is 2.30. The molecule has 17 heavy (non-hydrogen) atoms. The quantitative estimate of drug-likeness (QED) is 0.843. The highest BCUT2D eigenvalue weighted by Gasteiger charge is 2.00. The van der Waals surface area contributed by atoms with Crippen LogP contribution in [0.4, 0.5) is 17.5 Å². The maximum absolute atomic E-state index is 4.17. The standard InChI is InChI=1S/C12H15N5/c1-9(2)16-11-7-12(15-8-14-11)17-10-5-3-4-6-13-10/h3-9H,1-2H3,(H2,13,14,15,16,17). The van der Waals surface area contributed by atoms with Gasteiger partial charge in [-0.15, -0.1) is 0 Å². The fourth-order valence-corrected chi connectivity index (χ4v) is 1.37. The van der Waals surface area contributed by atoms with E-state index >= 15 is 0 Å². The normalized spacial score (nSPS) is 10.3. The van der Waals surface area contributed by atoms with Gasteiger partial charge in [0.2, 0.25) is 0 Å². The Balaban J connectivity index is 2.11. The molecule has 0 unspecified atom stereocenters. The maximum Gasteiger partial charge on any atom is 0.137 e. The average molecular weight is 229 g/mol. The fraction of sp³-hybridized carbons (Fsp3) is 0.250. The number of rotatable bonds is 4. The second-order valence-corrected chi connectivity index (χ2v) is 3.93. The van der Waals surface area contributed by atoms with Gasteiger partial charge in [-0.2, -0.15) is 0 Å². The van der Waals surface area contributed by atoms with Crippen molar-refractivity contribution in [1.82, 2.24) is 15.0 Å². The van der Waals surface area contributed by atoms with Crippen LogP contribution in [-0.4, -0.2) is 21.0 Å². The van der Waals surface area contributed by atoms with Gasteiger partial charge in [0.05, 0.1) is 0 Å². The van der Waals surface area contributed by atoms with Crippen LogP contribution < -0.4 is 10.6 Å². The van der Waals surface area contributed by atoms with Crippen molar-refractivity contribution in [2.24, 2.45) is 0 Å². The second kappa shape index (κ2) is 5.25. The molecule has 0 amide bonds. The van der Waals surface area contributed by atoms with Crippen molar-refractivity contribution in [3.05, 3.63) is 36.8 Å². The van der Waals surface area contributed by atoms with Crippen LogP contribution in [-0.2, 0) is 0 Å². The number of hydrogen-bond acceptors (Lipinski definition) is 5. The molecule has 0 aliphatic rings. The molecule has 0 bridgehead atoms. The lowest BCUT2D eigenvalue weighted by Gasteiger charge is -2.10. The molecule has 5 heteroatoms. The number of hydrogen-bond donors (Lipinski definition) is 2. The molecule has 0 aliphatic heterocycles. The van der Waals surface area contributed by atoms with Gasteiger partial charge in [-0.05, 0) is 26.0 Å². The van der Waals surface area contributed by atoms with Crippen LogP contribution in [0.25, 0.3) is 0 Å². The Morgan fingerprint density at radius 1 is 1.00 bits per heavy atom. The monoisotopic (exact) mass is 229 g/mol. The Morgan fingerprint density at radius 3 is 2.53 bits per heavy atom. The molecule has 2 aromatic heterocycles. The molecule has 2 heterocycles. The van der Waals surface area contributed by atoms with E-state index in [1.54, 1.807) is 6.20 Å². The van der Waals surface area contributed by atoms with Gasteiger partial charge in [0.15, 0.2) is 0 Å². The smallest absolute Gasteiger partial charge is 0.137 e. The number of nitrogens with zero attached hydrogens (tertiary/aromatic N) is 3. The third-order valence-corrected chi connectivity index (χ3v) is 2.02.